The van der Waals surface area contributed by atoms with Crippen LogP contribution in [0.2, 0.25) is 0 Å². The molecule has 0 spiro atoms. The van der Waals surface area contributed by atoms with Crippen LogP contribution in [0.15, 0.2) is 12.7 Å². The molecule has 0 aromatic rings. The summed E-state index contributed by atoms with van der Waals surface area (Å²) in [5.74, 6) is 0.0547. The van der Waals surface area contributed by atoms with Crippen molar-refractivity contribution in [1.82, 2.24) is 10.2 Å². The number of hydrogen-bond donors (Lipinski definition) is 1. The molecule has 0 saturated heterocycles. The van der Waals surface area contributed by atoms with Crippen LogP contribution in [0.25, 0.3) is 0 Å². The molecule has 0 aliphatic carbocycles. The normalized spacial score (nSPS) is 14.4. The summed E-state index contributed by atoms with van der Waals surface area (Å²) in [6, 6.07) is 0. The molecule has 0 saturated carbocycles. The Bertz CT molecular complexity index is 461. The van der Waals surface area contributed by atoms with Gasteiger partial charge >= 0.3 is 6.09 Å². The molecule has 5 heteroatoms. The van der Waals surface area contributed by atoms with E-state index in [-0.39, 0.29) is 16.9 Å². The van der Waals surface area contributed by atoms with E-state index in [1.807, 2.05) is 38.8 Å². The molecule has 0 fully saturated rings. The third kappa shape index (κ3) is 7.49. The molecule has 0 radical (unpaired) electrons. The van der Waals surface area contributed by atoms with E-state index in [1.165, 1.54) is 0 Å². The first-order valence-electron chi connectivity index (χ1n) is 9.09. The number of nitrogens with one attached hydrogen (secondary N) is 1. The number of ether oxygens (including phenoxy) is 1. The third-order valence-electron chi connectivity index (χ3n) is 4.71. The van der Waals surface area contributed by atoms with Crippen LogP contribution in [0, 0.1) is 5.41 Å². The average molecular weight is 355 g/mol. The molecule has 1 N–H and O–H groups in total. The summed E-state index contributed by atoms with van der Waals surface area (Å²) < 4.78 is 5.26. The lowest BCUT2D eigenvalue weighted by molar-refractivity contribution is -0.139. The second-order valence-electron chi connectivity index (χ2n) is 8.72. The molecule has 5 nitrogen and oxygen atoms in total. The summed E-state index contributed by atoms with van der Waals surface area (Å²) >= 11 is 0. The molecule has 146 valence electrons. The van der Waals surface area contributed by atoms with Crippen LogP contribution < -0.4 is 5.32 Å². The van der Waals surface area contributed by atoms with E-state index in [1.54, 1.807) is 6.92 Å². The monoisotopic (exact) mass is 354 g/mol. The summed E-state index contributed by atoms with van der Waals surface area (Å²) in [7, 11) is 1.87. The van der Waals surface area contributed by atoms with E-state index in [4.69, 9.17) is 4.74 Å². The SMILES string of the molecule is C=CCCC(CCCNC(=O)OC(C)(C)C)(N(C)C(C)=O)C(C)(C)C. The molecule has 0 aliphatic rings. The average Bonchev–Trinajstić information content (AvgIpc) is 2.42. The predicted octanol–water partition coefficient (Wildman–Crippen LogP) is 4.52. The number of nitrogens with zero attached hydrogens (tertiary/aromatic N) is 1. The van der Waals surface area contributed by atoms with Crippen molar-refractivity contribution in [2.45, 2.75) is 85.3 Å². The van der Waals surface area contributed by atoms with Gasteiger partial charge in [0.15, 0.2) is 0 Å². The third-order valence-corrected chi connectivity index (χ3v) is 4.71. The number of allylic oxidation sites excluding steroid dienone is 1. The molecule has 1 unspecified atom stereocenters. The zero-order valence-electron chi connectivity index (χ0n) is 17.5. The van der Waals surface area contributed by atoms with Crippen molar-refractivity contribution >= 4 is 12.0 Å². The Morgan fingerprint density at radius 2 is 1.68 bits per heavy atom. The largest absolute Gasteiger partial charge is 0.444 e. The van der Waals surface area contributed by atoms with Gasteiger partial charge < -0.3 is 15.0 Å². The van der Waals surface area contributed by atoms with Crippen LogP contribution in [-0.2, 0) is 9.53 Å². The molecule has 0 aromatic carbocycles. The topological polar surface area (TPSA) is 58.6 Å². The molecule has 0 bridgehead atoms. The first kappa shape index (κ1) is 23.5. The van der Waals surface area contributed by atoms with Crippen LogP contribution in [0.3, 0.4) is 0 Å². The van der Waals surface area contributed by atoms with Crippen molar-refractivity contribution in [3.8, 4) is 0 Å². The lowest BCUT2D eigenvalue weighted by atomic mass is 9.67. The molecule has 25 heavy (non-hydrogen) atoms. The van der Waals surface area contributed by atoms with Gasteiger partial charge in [-0.2, -0.15) is 0 Å². The van der Waals surface area contributed by atoms with Crippen molar-refractivity contribution in [2.75, 3.05) is 13.6 Å². The molecule has 0 aromatic heterocycles. The van der Waals surface area contributed by atoms with Crippen LogP contribution in [0.4, 0.5) is 4.79 Å². The maximum atomic E-state index is 12.1. The zero-order valence-corrected chi connectivity index (χ0v) is 17.5. The van der Waals surface area contributed by atoms with E-state index in [2.05, 4.69) is 32.7 Å². The van der Waals surface area contributed by atoms with Gasteiger partial charge in [0, 0.05) is 26.1 Å². The fourth-order valence-corrected chi connectivity index (χ4v) is 3.24. The Morgan fingerprint density at radius 1 is 1.12 bits per heavy atom. The second kappa shape index (κ2) is 9.25. The Morgan fingerprint density at radius 3 is 2.08 bits per heavy atom. The minimum atomic E-state index is -0.502. The van der Waals surface area contributed by atoms with Gasteiger partial charge in [0.25, 0.3) is 0 Å². The Balaban J connectivity index is 5.03. The number of rotatable bonds is 8. The molecule has 1 atom stereocenters. The molecule has 0 aliphatic heterocycles. The molecular formula is C20H38N2O3. The van der Waals surface area contributed by atoms with Crippen LogP contribution in [-0.4, -0.2) is 41.6 Å². The highest BCUT2D eigenvalue weighted by molar-refractivity contribution is 5.74. The van der Waals surface area contributed by atoms with E-state index in [0.717, 1.165) is 25.7 Å². The number of carbonyl (C=O) groups is 2. The standard InChI is InChI=1S/C20H38N2O3/c1-10-11-13-20(18(3,4)5,22(9)16(2)23)14-12-15-21-17(24)25-19(6,7)8/h10H,1,11-15H2,2-9H3,(H,21,24). The number of carbonyl (C=O) groups excluding carboxylic acids is 2. The highest BCUT2D eigenvalue weighted by Gasteiger charge is 2.45. The first-order chi connectivity index (χ1) is 11.3. The molecule has 0 heterocycles. The number of alkyl carbamates (subject to hydrolysis) is 1. The van der Waals surface area contributed by atoms with Gasteiger partial charge in [-0.05, 0) is 51.9 Å². The van der Waals surface area contributed by atoms with Crippen molar-refractivity contribution in [3.05, 3.63) is 12.7 Å². The van der Waals surface area contributed by atoms with Gasteiger partial charge in [-0.15, -0.1) is 6.58 Å². The van der Waals surface area contributed by atoms with Gasteiger partial charge in [-0.1, -0.05) is 26.8 Å². The lowest BCUT2D eigenvalue weighted by Crippen LogP contribution is -2.57. The van der Waals surface area contributed by atoms with Gasteiger partial charge in [0.2, 0.25) is 5.91 Å². The molecular weight excluding hydrogens is 316 g/mol. The minimum Gasteiger partial charge on any atom is -0.444 e. The quantitative estimate of drug-likeness (QED) is 0.515. The van der Waals surface area contributed by atoms with Gasteiger partial charge in [0.05, 0.1) is 0 Å². The highest BCUT2D eigenvalue weighted by Crippen LogP contribution is 2.42. The van der Waals surface area contributed by atoms with Crippen molar-refractivity contribution in [2.24, 2.45) is 5.41 Å². The fraction of sp³-hybridized carbons (Fsp3) is 0.800. The van der Waals surface area contributed by atoms with E-state index in [9.17, 15) is 9.59 Å². The van der Waals surface area contributed by atoms with Crippen molar-refractivity contribution < 1.29 is 14.3 Å². The zero-order chi connectivity index (χ0) is 19.9. The van der Waals surface area contributed by atoms with Crippen LogP contribution in [0.5, 0.6) is 0 Å². The summed E-state index contributed by atoms with van der Waals surface area (Å²) in [4.78, 5) is 25.8. The van der Waals surface area contributed by atoms with E-state index >= 15 is 0 Å². The van der Waals surface area contributed by atoms with Gasteiger partial charge in [-0.3, -0.25) is 4.79 Å². The Labute approximate surface area is 154 Å². The van der Waals surface area contributed by atoms with E-state index in [0.29, 0.717) is 6.54 Å². The van der Waals surface area contributed by atoms with Crippen LogP contribution in [0.1, 0.15) is 74.1 Å². The molecule has 2 amide bonds. The van der Waals surface area contributed by atoms with Crippen LogP contribution >= 0.6 is 0 Å². The number of amides is 2. The Hall–Kier alpha value is -1.52. The second-order valence-corrected chi connectivity index (χ2v) is 8.72. The summed E-state index contributed by atoms with van der Waals surface area (Å²) in [5, 5.41) is 2.80. The number of hydrogen-bond acceptors (Lipinski definition) is 3. The lowest BCUT2D eigenvalue weighted by Gasteiger charge is -2.51. The first-order valence-corrected chi connectivity index (χ1v) is 9.09. The molecule has 0 rings (SSSR count). The summed E-state index contributed by atoms with van der Waals surface area (Å²) in [6.45, 7) is 18.0. The van der Waals surface area contributed by atoms with Gasteiger partial charge in [0.1, 0.15) is 5.60 Å². The maximum absolute atomic E-state index is 12.1. The highest BCUT2D eigenvalue weighted by atomic mass is 16.6. The van der Waals surface area contributed by atoms with Crippen molar-refractivity contribution in [1.29, 1.82) is 0 Å². The van der Waals surface area contributed by atoms with E-state index < -0.39 is 11.7 Å². The summed E-state index contributed by atoms with van der Waals surface area (Å²) in [5.41, 5.74) is -0.886. The van der Waals surface area contributed by atoms with Gasteiger partial charge in [-0.25, -0.2) is 4.79 Å². The predicted molar refractivity (Wildman–Crippen MR) is 104 cm³/mol. The Kier molecular flexibility index (Phi) is 8.69. The summed E-state index contributed by atoms with van der Waals surface area (Å²) in [6.07, 6.45) is 4.76. The van der Waals surface area contributed by atoms with Crippen molar-refractivity contribution in [3.63, 3.8) is 0 Å². The fourth-order valence-electron chi connectivity index (χ4n) is 3.24. The smallest absolute Gasteiger partial charge is 0.407 e. The maximum Gasteiger partial charge on any atom is 0.407 e. The minimum absolute atomic E-state index is 0.0547.